The lowest BCUT2D eigenvalue weighted by molar-refractivity contribution is 0.103. The van der Waals surface area contributed by atoms with E-state index in [2.05, 4.69) is 20.6 Å². The van der Waals surface area contributed by atoms with Crippen molar-refractivity contribution in [3.8, 4) is 11.3 Å². The Labute approximate surface area is 138 Å². The first-order valence-corrected chi connectivity index (χ1v) is 8.11. The number of benzene rings is 1. The maximum atomic E-state index is 12.6. The Balaban J connectivity index is 1.95. The number of carbonyl (C=O) groups is 1. The number of nitrogens with one attached hydrogen (secondary N) is 2. The van der Waals surface area contributed by atoms with E-state index in [4.69, 9.17) is 0 Å². The molecule has 23 heavy (non-hydrogen) atoms. The number of hydrogen-bond acceptors (Lipinski definition) is 5. The van der Waals surface area contributed by atoms with E-state index in [9.17, 15) is 4.79 Å². The zero-order valence-corrected chi connectivity index (χ0v) is 13.4. The van der Waals surface area contributed by atoms with Crippen LogP contribution < -0.4 is 10.6 Å². The molecule has 3 aromatic rings. The summed E-state index contributed by atoms with van der Waals surface area (Å²) in [6.07, 6.45) is 3.29. The maximum absolute atomic E-state index is 12.6. The van der Waals surface area contributed by atoms with E-state index in [1.807, 2.05) is 37.3 Å². The summed E-state index contributed by atoms with van der Waals surface area (Å²) in [6, 6.07) is 13.3. The van der Waals surface area contributed by atoms with Crippen molar-refractivity contribution in [2.45, 2.75) is 6.92 Å². The Morgan fingerprint density at radius 2 is 2.00 bits per heavy atom. The molecule has 0 unspecified atom stereocenters. The Hall–Kier alpha value is -2.73. The minimum absolute atomic E-state index is 0.182. The van der Waals surface area contributed by atoms with Gasteiger partial charge in [-0.15, -0.1) is 0 Å². The SMILES string of the molecule is CCNc1nc(-c2ccccc2)c(C(=O)Nc2cccnc2)s1. The van der Waals surface area contributed by atoms with Crippen LogP contribution in [0.25, 0.3) is 11.3 Å². The molecule has 0 aliphatic carbocycles. The summed E-state index contributed by atoms with van der Waals surface area (Å²) in [5.74, 6) is -0.182. The fraction of sp³-hybridized carbons (Fsp3) is 0.118. The van der Waals surface area contributed by atoms with Crippen LogP contribution in [0.3, 0.4) is 0 Å². The van der Waals surface area contributed by atoms with Crippen molar-refractivity contribution in [3.05, 3.63) is 59.7 Å². The van der Waals surface area contributed by atoms with E-state index < -0.39 is 0 Å². The molecule has 1 amide bonds. The number of pyridine rings is 1. The molecule has 0 radical (unpaired) electrons. The monoisotopic (exact) mass is 324 g/mol. The molecule has 0 fully saturated rings. The maximum Gasteiger partial charge on any atom is 0.268 e. The number of carbonyl (C=O) groups excluding carboxylic acids is 1. The third kappa shape index (κ3) is 3.54. The fourth-order valence-electron chi connectivity index (χ4n) is 2.12. The molecule has 0 aliphatic rings. The highest BCUT2D eigenvalue weighted by Gasteiger charge is 2.19. The average Bonchev–Trinajstić information content (AvgIpc) is 3.01. The zero-order valence-electron chi connectivity index (χ0n) is 12.6. The molecule has 5 nitrogen and oxygen atoms in total. The molecule has 0 atom stereocenters. The van der Waals surface area contributed by atoms with Crippen molar-refractivity contribution in [2.75, 3.05) is 17.2 Å². The van der Waals surface area contributed by atoms with Gasteiger partial charge in [-0.25, -0.2) is 4.98 Å². The van der Waals surface area contributed by atoms with Gasteiger partial charge in [-0.3, -0.25) is 9.78 Å². The standard InChI is InChI=1S/C17H16N4OS/c1-2-19-17-21-14(12-7-4-3-5-8-12)15(23-17)16(22)20-13-9-6-10-18-11-13/h3-11H,2H2,1H3,(H,19,21)(H,20,22). The predicted molar refractivity (Wildman–Crippen MR) is 93.9 cm³/mol. The van der Waals surface area contributed by atoms with E-state index in [1.165, 1.54) is 11.3 Å². The number of hydrogen-bond donors (Lipinski definition) is 2. The van der Waals surface area contributed by atoms with Gasteiger partial charge in [0.15, 0.2) is 5.13 Å². The van der Waals surface area contributed by atoms with E-state index in [-0.39, 0.29) is 5.91 Å². The second-order valence-electron chi connectivity index (χ2n) is 4.79. The topological polar surface area (TPSA) is 66.9 Å². The third-order valence-electron chi connectivity index (χ3n) is 3.13. The minimum Gasteiger partial charge on any atom is -0.362 e. The van der Waals surface area contributed by atoms with Gasteiger partial charge in [0.1, 0.15) is 4.88 Å². The number of nitrogens with zero attached hydrogens (tertiary/aromatic N) is 2. The molecule has 0 spiro atoms. The van der Waals surface area contributed by atoms with E-state index >= 15 is 0 Å². The Kier molecular flexibility index (Phi) is 4.63. The lowest BCUT2D eigenvalue weighted by atomic mass is 10.1. The van der Waals surface area contributed by atoms with Gasteiger partial charge in [0.05, 0.1) is 17.6 Å². The molecule has 116 valence electrons. The van der Waals surface area contributed by atoms with Crippen molar-refractivity contribution in [2.24, 2.45) is 0 Å². The van der Waals surface area contributed by atoms with Gasteiger partial charge < -0.3 is 10.6 Å². The number of thiazole rings is 1. The molecule has 2 heterocycles. The van der Waals surface area contributed by atoms with Crippen LogP contribution in [0.1, 0.15) is 16.6 Å². The summed E-state index contributed by atoms with van der Waals surface area (Å²) in [6.45, 7) is 2.75. The molecular weight excluding hydrogens is 308 g/mol. The van der Waals surface area contributed by atoms with Gasteiger partial charge in [0.25, 0.3) is 5.91 Å². The summed E-state index contributed by atoms with van der Waals surface area (Å²) in [5, 5.41) is 6.78. The zero-order chi connectivity index (χ0) is 16.1. The van der Waals surface area contributed by atoms with Crippen LogP contribution in [0, 0.1) is 0 Å². The van der Waals surface area contributed by atoms with Gasteiger partial charge in [-0.1, -0.05) is 41.7 Å². The predicted octanol–water partition coefficient (Wildman–Crippen LogP) is 3.89. The van der Waals surface area contributed by atoms with Gasteiger partial charge in [-0.2, -0.15) is 0 Å². The summed E-state index contributed by atoms with van der Waals surface area (Å²) < 4.78 is 0. The van der Waals surface area contributed by atoms with Crippen molar-refractivity contribution >= 4 is 28.1 Å². The summed E-state index contributed by atoms with van der Waals surface area (Å²) in [4.78, 5) is 21.8. The first kappa shape index (κ1) is 15.2. The van der Waals surface area contributed by atoms with Crippen LogP contribution in [0.4, 0.5) is 10.8 Å². The van der Waals surface area contributed by atoms with Crippen molar-refractivity contribution in [1.82, 2.24) is 9.97 Å². The van der Waals surface area contributed by atoms with Crippen LogP contribution in [0.5, 0.6) is 0 Å². The first-order chi connectivity index (χ1) is 11.3. The Morgan fingerprint density at radius 1 is 1.17 bits per heavy atom. The van der Waals surface area contributed by atoms with Gasteiger partial charge in [0, 0.05) is 18.3 Å². The van der Waals surface area contributed by atoms with Gasteiger partial charge >= 0.3 is 0 Å². The molecule has 0 saturated carbocycles. The van der Waals surface area contributed by atoms with Crippen LogP contribution in [-0.2, 0) is 0 Å². The normalized spacial score (nSPS) is 10.3. The fourth-order valence-corrected chi connectivity index (χ4v) is 3.07. The smallest absolute Gasteiger partial charge is 0.268 e. The van der Waals surface area contributed by atoms with Crippen molar-refractivity contribution in [1.29, 1.82) is 0 Å². The molecule has 0 bridgehead atoms. The molecule has 1 aromatic carbocycles. The average molecular weight is 324 g/mol. The third-order valence-corrected chi connectivity index (χ3v) is 4.14. The lowest BCUT2D eigenvalue weighted by Gasteiger charge is -2.04. The molecule has 3 rings (SSSR count). The lowest BCUT2D eigenvalue weighted by Crippen LogP contribution is -2.11. The van der Waals surface area contributed by atoms with E-state index in [0.29, 0.717) is 16.3 Å². The van der Waals surface area contributed by atoms with Crippen LogP contribution in [0.2, 0.25) is 0 Å². The van der Waals surface area contributed by atoms with Gasteiger partial charge in [0.2, 0.25) is 0 Å². The first-order valence-electron chi connectivity index (χ1n) is 7.29. The van der Waals surface area contributed by atoms with Crippen molar-refractivity contribution < 1.29 is 4.79 Å². The molecule has 2 N–H and O–H groups in total. The highest BCUT2D eigenvalue weighted by atomic mass is 32.1. The van der Waals surface area contributed by atoms with E-state index in [0.717, 1.165) is 17.2 Å². The van der Waals surface area contributed by atoms with Crippen molar-refractivity contribution in [3.63, 3.8) is 0 Å². The number of anilines is 2. The second kappa shape index (κ2) is 7.02. The van der Waals surface area contributed by atoms with E-state index in [1.54, 1.807) is 24.5 Å². The Morgan fingerprint density at radius 3 is 2.70 bits per heavy atom. The summed E-state index contributed by atoms with van der Waals surface area (Å²) in [7, 11) is 0. The van der Waals surface area contributed by atoms with Gasteiger partial charge in [-0.05, 0) is 19.1 Å². The molecule has 0 saturated heterocycles. The van der Waals surface area contributed by atoms with Crippen LogP contribution >= 0.6 is 11.3 Å². The van der Waals surface area contributed by atoms with Crippen LogP contribution in [0.15, 0.2) is 54.9 Å². The summed E-state index contributed by atoms with van der Waals surface area (Å²) in [5.41, 5.74) is 2.27. The largest absolute Gasteiger partial charge is 0.362 e. The number of amides is 1. The van der Waals surface area contributed by atoms with Crippen LogP contribution in [-0.4, -0.2) is 22.4 Å². The molecular formula is C17H16N4OS. The second-order valence-corrected chi connectivity index (χ2v) is 5.79. The highest BCUT2D eigenvalue weighted by Crippen LogP contribution is 2.31. The Bertz CT molecular complexity index is 787. The summed E-state index contributed by atoms with van der Waals surface area (Å²) >= 11 is 1.35. The molecule has 0 aliphatic heterocycles. The number of aromatic nitrogens is 2. The molecule has 2 aromatic heterocycles. The minimum atomic E-state index is -0.182. The number of rotatable bonds is 5. The quantitative estimate of drug-likeness (QED) is 0.747. The molecule has 6 heteroatoms. The highest BCUT2D eigenvalue weighted by molar-refractivity contribution is 7.18.